The van der Waals surface area contributed by atoms with Gasteiger partial charge in [-0.3, -0.25) is 4.79 Å². The van der Waals surface area contributed by atoms with Crippen molar-refractivity contribution < 1.29 is 19.4 Å². The summed E-state index contributed by atoms with van der Waals surface area (Å²) in [4.78, 5) is 24.3. The van der Waals surface area contributed by atoms with Gasteiger partial charge in [-0.1, -0.05) is 0 Å². The summed E-state index contributed by atoms with van der Waals surface area (Å²) in [6.45, 7) is 1.70. The van der Waals surface area contributed by atoms with E-state index in [0.717, 1.165) is 6.54 Å². The van der Waals surface area contributed by atoms with Gasteiger partial charge in [-0.05, 0) is 0 Å². The Labute approximate surface area is 97.3 Å². The van der Waals surface area contributed by atoms with Gasteiger partial charge >= 0.3 is 5.97 Å². The van der Waals surface area contributed by atoms with Crippen molar-refractivity contribution in [2.75, 3.05) is 31.3 Å². The first-order valence-electron chi connectivity index (χ1n) is 5.13. The molecule has 6 nitrogen and oxygen atoms in total. The van der Waals surface area contributed by atoms with Crippen LogP contribution in [0.5, 0.6) is 0 Å². The average molecular weight is 246 g/mol. The van der Waals surface area contributed by atoms with Gasteiger partial charge in [-0.2, -0.15) is 0 Å². The molecule has 7 heteroatoms. The third-order valence-corrected chi connectivity index (χ3v) is 3.67. The van der Waals surface area contributed by atoms with Crippen LogP contribution >= 0.6 is 11.8 Å². The van der Waals surface area contributed by atoms with Crippen LogP contribution in [-0.2, 0) is 14.3 Å². The number of morpholine rings is 1. The minimum Gasteiger partial charge on any atom is -0.480 e. The molecule has 90 valence electrons. The zero-order valence-electron chi connectivity index (χ0n) is 8.72. The summed E-state index contributed by atoms with van der Waals surface area (Å²) < 4.78 is 5.32. The number of nitrogens with one attached hydrogen (secondary N) is 1. The number of nitrogens with zero attached hydrogens (tertiary/aromatic N) is 1. The van der Waals surface area contributed by atoms with Gasteiger partial charge < -0.3 is 20.1 Å². The Morgan fingerprint density at radius 2 is 2.31 bits per heavy atom. The number of amides is 1. The number of carbonyl (C=O) groups excluding carboxylic acids is 1. The second kappa shape index (κ2) is 5.03. The fraction of sp³-hybridized carbons (Fsp3) is 0.778. The van der Waals surface area contributed by atoms with E-state index < -0.39 is 18.1 Å². The van der Waals surface area contributed by atoms with Crippen LogP contribution in [-0.4, -0.2) is 65.4 Å². The van der Waals surface area contributed by atoms with E-state index in [9.17, 15) is 9.59 Å². The van der Waals surface area contributed by atoms with Crippen LogP contribution in [0.25, 0.3) is 0 Å². The quantitative estimate of drug-likeness (QED) is 0.648. The van der Waals surface area contributed by atoms with Crippen LogP contribution in [0.2, 0.25) is 0 Å². The molecule has 2 rings (SSSR count). The summed E-state index contributed by atoms with van der Waals surface area (Å²) >= 11 is 1.46. The minimum atomic E-state index is -0.942. The molecule has 2 fully saturated rings. The third-order valence-electron chi connectivity index (χ3n) is 2.65. The lowest BCUT2D eigenvalue weighted by molar-refractivity contribution is -0.154. The van der Waals surface area contributed by atoms with Gasteiger partial charge in [-0.15, -0.1) is 11.8 Å². The van der Waals surface area contributed by atoms with Gasteiger partial charge in [0.1, 0.15) is 12.1 Å². The van der Waals surface area contributed by atoms with Crippen molar-refractivity contribution in [3.05, 3.63) is 0 Å². The molecule has 2 atom stereocenters. The van der Waals surface area contributed by atoms with Crippen molar-refractivity contribution in [1.82, 2.24) is 10.2 Å². The van der Waals surface area contributed by atoms with Crippen LogP contribution in [0.4, 0.5) is 0 Å². The molecule has 0 aromatic heterocycles. The molecule has 2 unspecified atom stereocenters. The lowest BCUT2D eigenvalue weighted by Crippen LogP contribution is -2.52. The van der Waals surface area contributed by atoms with E-state index in [2.05, 4.69) is 5.32 Å². The molecule has 0 saturated carbocycles. The maximum Gasteiger partial charge on any atom is 0.327 e. The summed E-state index contributed by atoms with van der Waals surface area (Å²) in [5.74, 6) is -0.261. The molecule has 2 aliphatic rings. The average Bonchev–Trinajstić information content (AvgIpc) is 2.78. The third kappa shape index (κ3) is 2.31. The van der Waals surface area contributed by atoms with Gasteiger partial charge in [0.15, 0.2) is 0 Å². The Kier molecular flexibility index (Phi) is 3.67. The zero-order chi connectivity index (χ0) is 11.5. The predicted molar refractivity (Wildman–Crippen MR) is 58.2 cm³/mol. The SMILES string of the molecule is O=C(O)C1CSCN1C(=O)C1CNCCO1. The highest BCUT2D eigenvalue weighted by atomic mass is 32.2. The highest BCUT2D eigenvalue weighted by Gasteiger charge is 2.38. The molecule has 0 aromatic carbocycles. The molecule has 0 aromatic rings. The number of ether oxygens (including phenoxy) is 1. The van der Waals surface area contributed by atoms with Crippen LogP contribution in [0.3, 0.4) is 0 Å². The molecular formula is C9H14N2O4S. The van der Waals surface area contributed by atoms with Gasteiger partial charge in [0.05, 0.1) is 12.5 Å². The van der Waals surface area contributed by atoms with E-state index in [1.807, 2.05) is 0 Å². The van der Waals surface area contributed by atoms with E-state index in [-0.39, 0.29) is 5.91 Å². The standard InChI is InChI=1S/C9H14N2O4S/c12-8(7-3-10-1-2-15-7)11-5-16-4-6(11)9(13)14/h6-7,10H,1-5H2,(H,13,14). The number of hydrogen-bond acceptors (Lipinski definition) is 5. The van der Waals surface area contributed by atoms with E-state index in [1.54, 1.807) is 0 Å². The topological polar surface area (TPSA) is 78.9 Å². The molecule has 2 aliphatic heterocycles. The molecule has 0 bridgehead atoms. The fourth-order valence-corrected chi connectivity index (χ4v) is 2.93. The van der Waals surface area contributed by atoms with Crippen molar-refractivity contribution in [3.8, 4) is 0 Å². The van der Waals surface area contributed by atoms with E-state index >= 15 is 0 Å². The predicted octanol–water partition coefficient (Wildman–Crippen LogP) is -1.04. The minimum absolute atomic E-state index is 0.218. The molecule has 16 heavy (non-hydrogen) atoms. The number of aliphatic carboxylic acids is 1. The highest BCUT2D eigenvalue weighted by molar-refractivity contribution is 7.99. The van der Waals surface area contributed by atoms with Crippen LogP contribution < -0.4 is 5.32 Å². The zero-order valence-corrected chi connectivity index (χ0v) is 9.53. The van der Waals surface area contributed by atoms with Gasteiger partial charge in [0, 0.05) is 18.8 Å². The van der Waals surface area contributed by atoms with Crippen LogP contribution in [0.15, 0.2) is 0 Å². The molecule has 0 spiro atoms. The smallest absolute Gasteiger partial charge is 0.327 e. The molecular weight excluding hydrogens is 232 g/mol. The number of thioether (sulfide) groups is 1. The van der Waals surface area contributed by atoms with Crippen molar-refractivity contribution in [2.45, 2.75) is 12.1 Å². The summed E-state index contributed by atoms with van der Waals surface area (Å²) in [5, 5.41) is 12.0. The number of carbonyl (C=O) groups is 2. The first kappa shape index (κ1) is 11.7. The van der Waals surface area contributed by atoms with Gasteiger partial charge in [0.25, 0.3) is 5.91 Å². The van der Waals surface area contributed by atoms with Crippen molar-refractivity contribution in [1.29, 1.82) is 0 Å². The Balaban J connectivity index is 1.99. The molecule has 2 saturated heterocycles. The lowest BCUT2D eigenvalue weighted by atomic mass is 10.2. The second-order valence-corrected chi connectivity index (χ2v) is 4.73. The largest absolute Gasteiger partial charge is 0.480 e. The number of carboxylic acids is 1. The lowest BCUT2D eigenvalue weighted by Gasteiger charge is -2.28. The second-order valence-electron chi connectivity index (χ2n) is 3.73. The van der Waals surface area contributed by atoms with Gasteiger partial charge in [0.2, 0.25) is 0 Å². The summed E-state index contributed by atoms with van der Waals surface area (Å²) in [6, 6.07) is -0.706. The van der Waals surface area contributed by atoms with E-state index in [1.165, 1.54) is 16.7 Å². The Hall–Kier alpha value is -0.790. The maximum atomic E-state index is 12.0. The molecule has 1 amide bonds. The molecule has 2 heterocycles. The summed E-state index contributed by atoms with van der Waals surface area (Å²) in [5.41, 5.74) is 0. The summed E-state index contributed by atoms with van der Waals surface area (Å²) in [6.07, 6.45) is -0.533. The van der Waals surface area contributed by atoms with E-state index in [0.29, 0.717) is 24.8 Å². The maximum absolute atomic E-state index is 12.0. The first-order chi connectivity index (χ1) is 7.70. The molecule has 0 aliphatic carbocycles. The normalized spacial score (nSPS) is 30.4. The van der Waals surface area contributed by atoms with Crippen molar-refractivity contribution >= 4 is 23.6 Å². The molecule has 2 N–H and O–H groups in total. The first-order valence-corrected chi connectivity index (χ1v) is 6.29. The van der Waals surface area contributed by atoms with Crippen molar-refractivity contribution in [3.63, 3.8) is 0 Å². The Bertz CT molecular complexity index is 293. The highest BCUT2D eigenvalue weighted by Crippen LogP contribution is 2.22. The number of rotatable bonds is 2. The van der Waals surface area contributed by atoms with Crippen LogP contribution in [0.1, 0.15) is 0 Å². The van der Waals surface area contributed by atoms with Crippen LogP contribution in [0, 0.1) is 0 Å². The number of carboxylic acid groups (broad SMARTS) is 1. The summed E-state index contributed by atoms with van der Waals surface area (Å²) in [7, 11) is 0. The Morgan fingerprint density at radius 3 is 2.94 bits per heavy atom. The van der Waals surface area contributed by atoms with Crippen molar-refractivity contribution in [2.24, 2.45) is 0 Å². The Morgan fingerprint density at radius 1 is 1.50 bits per heavy atom. The number of hydrogen-bond donors (Lipinski definition) is 2. The fourth-order valence-electron chi connectivity index (χ4n) is 1.77. The molecule has 0 radical (unpaired) electrons. The van der Waals surface area contributed by atoms with Gasteiger partial charge in [-0.25, -0.2) is 4.79 Å². The monoisotopic (exact) mass is 246 g/mol. The van der Waals surface area contributed by atoms with E-state index in [4.69, 9.17) is 9.84 Å².